The van der Waals surface area contributed by atoms with Gasteiger partial charge in [0.05, 0.1) is 11.4 Å². The van der Waals surface area contributed by atoms with Crippen molar-refractivity contribution >= 4 is 33.4 Å². The number of fused-ring (bicyclic) bond motifs is 1. The summed E-state index contributed by atoms with van der Waals surface area (Å²) < 4.78 is 7.15. The Kier molecular flexibility index (Phi) is 5.17. The summed E-state index contributed by atoms with van der Waals surface area (Å²) in [4.78, 5) is 28.0. The molecular formula is C21H23N3O3S. The van der Waals surface area contributed by atoms with E-state index >= 15 is 0 Å². The molecule has 3 aromatic rings. The van der Waals surface area contributed by atoms with Crippen LogP contribution in [-0.4, -0.2) is 46.3 Å². The van der Waals surface area contributed by atoms with Crippen LogP contribution in [0.15, 0.2) is 36.4 Å². The molecule has 146 valence electrons. The first kappa shape index (κ1) is 18.7. The molecule has 0 saturated carbocycles. The number of para-hydroxylation sites is 1. The quantitative estimate of drug-likeness (QED) is 0.628. The van der Waals surface area contributed by atoms with Crippen molar-refractivity contribution in [3.05, 3.63) is 47.0 Å². The van der Waals surface area contributed by atoms with Crippen LogP contribution in [0.3, 0.4) is 0 Å². The lowest BCUT2D eigenvalue weighted by Crippen LogP contribution is -2.41. The van der Waals surface area contributed by atoms with E-state index in [0.717, 1.165) is 47.5 Å². The zero-order valence-corrected chi connectivity index (χ0v) is 16.9. The zero-order valence-electron chi connectivity index (χ0n) is 16.1. The van der Waals surface area contributed by atoms with Crippen molar-refractivity contribution in [2.45, 2.75) is 26.7 Å². The SMILES string of the molecule is Cc1nn(-c2ccccc2)c2sc(C(=O)OCC(=O)N3CCC[C@H](C)C3)cc12. The van der Waals surface area contributed by atoms with Crippen LogP contribution in [0, 0.1) is 12.8 Å². The topological polar surface area (TPSA) is 64.4 Å². The first-order valence-corrected chi connectivity index (χ1v) is 10.3. The molecule has 1 fully saturated rings. The standard InChI is InChI=1S/C21H23N3O3S/c1-14-7-6-10-23(12-14)19(25)13-27-21(26)18-11-17-15(2)22-24(20(17)28-18)16-8-4-3-5-9-16/h3-5,8-9,11,14H,6-7,10,12-13H2,1-2H3/t14-/m0/s1. The Balaban J connectivity index is 1.48. The average Bonchev–Trinajstić information content (AvgIpc) is 3.27. The largest absolute Gasteiger partial charge is 0.451 e. The van der Waals surface area contributed by atoms with Gasteiger partial charge in [-0.25, -0.2) is 9.48 Å². The lowest BCUT2D eigenvalue weighted by Gasteiger charge is -2.30. The fourth-order valence-electron chi connectivity index (χ4n) is 3.60. The summed E-state index contributed by atoms with van der Waals surface area (Å²) in [6.45, 7) is 5.34. The van der Waals surface area contributed by atoms with Gasteiger partial charge in [0.25, 0.3) is 5.91 Å². The molecule has 4 rings (SSSR count). The predicted molar refractivity (Wildman–Crippen MR) is 109 cm³/mol. The summed E-state index contributed by atoms with van der Waals surface area (Å²) in [5, 5.41) is 5.50. The van der Waals surface area contributed by atoms with E-state index in [1.165, 1.54) is 11.3 Å². The third kappa shape index (κ3) is 3.67. The number of carbonyl (C=O) groups is 2. The zero-order chi connectivity index (χ0) is 19.7. The third-order valence-electron chi connectivity index (χ3n) is 5.08. The van der Waals surface area contributed by atoms with Crippen molar-refractivity contribution in [3.8, 4) is 5.69 Å². The molecule has 0 spiro atoms. The van der Waals surface area contributed by atoms with Crippen molar-refractivity contribution in [3.63, 3.8) is 0 Å². The van der Waals surface area contributed by atoms with Crippen LogP contribution in [0.1, 0.15) is 35.1 Å². The van der Waals surface area contributed by atoms with Crippen molar-refractivity contribution in [2.75, 3.05) is 19.7 Å². The van der Waals surface area contributed by atoms with E-state index in [0.29, 0.717) is 10.8 Å². The maximum absolute atomic E-state index is 12.5. The number of aromatic nitrogens is 2. The molecule has 0 bridgehead atoms. The van der Waals surface area contributed by atoms with Crippen molar-refractivity contribution in [2.24, 2.45) is 5.92 Å². The van der Waals surface area contributed by atoms with Crippen LogP contribution in [0.4, 0.5) is 0 Å². The number of piperidine rings is 1. The number of carbonyl (C=O) groups excluding carboxylic acids is 2. The number of benzene rings is 1. The highest BCUT2D eigenvalue weighted by Crippen LogP contribution is 2.30. The summed E-state index contributed by atoms with van der Waals surface area (Å²) in [5.74, 6) is -0.0776. The molecule has 1 saturated heterocycles. The van der Waals surface area contributed by atoms with Crippen LogP contribution in [0.25, 0.3) is 15.9 Å². The van der Waals surface area contributed by atoms with Gasteiger partial charge in [-0.15, -0.1) is 11.3 Å². The van der Waals surface area contributed by atoms with Gasteiger partial charge in [0.15, 0.2) is 6.61 Å². The van der Waals surface area contributed by atoms with Crippen LogP contribution < -0.4 is 0 Å². The Labute approximate surface area is 167 Å². The summed E-state index contributed by atoms with van der Waals surface area (Å²) in [6, 6.07) is 11.6. The Bertz CT molecular complexity index is 1010. The van der Waals surface area contributed by atoms with Gasteiger partial charge in [-0.1, -0.05) is 25.1 Å². The van der Waals surface area contributed by atoms with Gasteiger partial charge in [0.1, 0.15) is 9.71 Å². The van der Waals surface area contributed by atoms with Crippen LogP contribution >= 0.6 is 11.3 Å². The molecule has 3 heterocycles. The summed E-state index contributed by atoms with van der Waals surface area (Å²) >= 11 is 1.34. The van der Waals surface area contributed by atoms with Gasteiger partial charge in [-0.05, 0) is 43.9 Å². The van der Waals surface area contributed by atoms with Crippen LogP contribution in [0.2, 0.25) is 0 Å². The van der Waals surface area contributed by atoms with E-state index in [1.807, 2.05) is 41.9 Å². The Morgan fingerprint density at radius 1 is 1.29 bits per heavy atom. The van der Waals surface area contributed by atoms with E-state index in [2.05, 4.69) is 12.0 Å². The number of thiophene rings is 1. The Morgan fingerprint density at radius 2 is 2.07 bits per heavy atom. The van der Waals surface area contributed by atoms with E-state index in [4.69, 9.17) is 4.74 Å². The number of aryl methyl sites for hydroxylation is 1. The first-order valence-electron chi connectivity index (χ1n) is 9.52. The third-order valence-corrected chi connectivity index (χ3v) is 6.17. The number of hydrogen-bond donors (Lipinski definition) is 0. The fraction of sp³-hybridized carbons (Fsp3) is 0.381. The number of hydrogen-bond acceptors (Lipinski definition) is 5. The number of esters is 1. The van der Waals surface area contributed by atoms with Gasteiger partial charge in [-0.3, -0.25) is 4.79 Å². The Morgan fingerprint density at radius 3 is 2.82 bits per heavy atom. The normalized spacial score (nSPS) is 17.1. The molecule has 6 nitrogen and oxygen atoms in total. The van der Waals surface area contributed by atoms with Crippen molar-refractivity contribution < 1.29 is 14.3 Å². The first-order chi connectivity index (χ1) is 13.5. The molecule has 2 aromatic heterocycles. The van der Waals surface area contributed by atoms with Crippen LogP contribution in [0.5, 0.6) is 0 Å². The smallest absolute Gasteiger partial charge is 0.348 e. The number of ether oxygens (including phenoxy) is 1. The fourth-order valence-corrected chi connectivity index (χ4v) is 4.67. The molecule has 1 amide bonds. The average molecular weight is 398 g/mol. The molecule has 1 aliphatic heterocycles. The van der Waals surface area contributed by atoms with Crippen molar-refractivity contribution in [1.82, 2.24) is 14.7 Å². The maximum Gasteiger partial charge on any atom is 0.348 e. The second kappa shape index (κ2) is 7.75. The Hall–Kier alpha value is -2.67. The second-order valence-corrected chi connectivity index (χ2v) is 8.36. The molecular weight excluding hydrogens is 374 g/mol. The number of nitrogens with zero attached hydrogens (tertiary/aromatic N) is 3. The molecule has 0 N–H and O–H groups in total. The monoisotopic (exact) mass is 397 g/mol. The minimum absolute atomic E-state index is 0.118. The second-order valence-electron chi connectivity index (χ2n) is 7.33. The van der Waals surface area contributed by atoms with Crippen molar-refractivity contribution in [1.29, 1.82) is 0 Å². The van der Waals surface area contributed by atoms with Crippen LogP contribution in [-0.2, 0) is 9.53 Å². The molecule has 0 unspecified atom stereocenters. The summed E-state index contributed by atoms with van der Waals surface area (Å²) in [7, 11) is 0. The number of amides is 1. The molecule has 0 aliphatic carbocycles. The lowest BCUT2D eigenvalue weighted by molar-refractivity contribution is -0.136. The van der Waals surface area contributed by atoms with E-state index < -0.39 is 5.97 Å². The molecule has 1 aromatic carbocycles. The van der Waals surface area contributed by atoms with E-state index in [9.17, 15) is 9.59 Å². The molecule has 28 heavy (non-hydrogen) atoms. The molecule has 1 atom stereocenters. The van der Waals surface area contributed by atoms with E-state index in [1.54, 1.807) is 11.0 Å². The summed E-state index contributed by atoms with van der Waals surface area (Å²) in [5.41, 5.74) is 1.80. The lowest BCUT2D eigenvalue weighted by atomic mass is 10.0. The van der Waals surface area contributed by atoms with Gasteiger partial charge in [-0.2, -0.15) is 5.10 Å². The minimum Gasteiger partial charge on any atom is -0.451 e. The maximum atomic E-state index is 12.5. The van der Waals surface area contributed by atoms with Gasteiger partial charge < -0.3 is 9.64 Å². The highest BCUT2D eigenvalue weighted by atomic mass is 32.1. The minimum atomic E-state index is -0.460. The predicted octanol–water partition coefficient (Wildman–Crippen LogP) is 3.81. The number of rotatable bonds is 4. The summed E-state index contributed by atoms with van der Waals surface area (Å²) in [6.07, 6.45) is 2.15. The number of likely N-dealkylation sites (tertiary alicyclic amines) is 1. The van der Waals surface area contributed by atoms with Gasteiger partial charge in [0, 0.05) is 18.5 Å². The molecule has 0 radical (unpaired) electrons. The van der Waals surface area contributed by atoms with Gasteiger partial charge in [0.2, 0.25) is 0 Å². The highest BCUT2D eigenvalue weighted by molar-refractivity contribution is 7.20. The van der Waals surface area contributed by atoms with Gasteiger partial charge >= 0.3 is 5.97 Å². The van der Waals surface area contributed by atoms with E-state index in [-0.39, 0.29) is 12.5 Å². The molecule has 1 aliphatic rings. The molecule has 7 heteroatoms. The highest BCUT2D eigenvalue weighted by Gasteiger charge is 2.23.